The molecule has 2 aromatic carbocycles. The van der Waals surface area contributed by atoms with Crippen molar-refractivity contribution in [3.63, 3.8) is 0 Å². The predicted octanol–water partition coefficient (Wildman–Crippen LogP) is 3.34. The van der Waals surface area contributed by atoms with E-state index in [1.807, 2.05) is 0 Å². The van der Waals surface area contributed by atoms with Crippen LogP contribution in [0.4, 0.5) is 13.2 Å². The molecule has 4 nitrogen and oxygen atoms in total. The van der Waals surface area contributed by atoms with Crippen molar-refractivity contribution >= 4 is 18.0 Å². The van der Waals surface area contributed by atoms with Crippen molar-refractivity contribution in [1.29, 1.82) is 0 Å². The van der Waals surface area contributed by atoms with Gasteiger partial charge >= 0.3 is 6.18 Å². The summed E-state index contributed by atoms with van der Waals surface area (Å²) in [5.74, 6) is -1.32. The van der Waals surface area contributed by atoms with Crippen LogP contribution >= 0.6 is 0 Å². The van der Waals surface area contributed by atoms with E-state index in [0.29, 0.717) is 5.01 Å². The van der Waals surface area contributed by atoms with Gasteiger partial charge in [-0.3, -0.25) is 9.59 Å². The zero-order chi connectivity index (χ0) is 16.6. The molecule has 1 heterocycles. The summed E-state index contributed by atoms with van der Waals surface area (Å²) in [4.78, 5) is 24.2. The van der Waals surface area contributed by atoms with Gasteiger partial charge in [0.2, 0.25) is 0 Å². The highest BCUT2D eigenvalue weighted by atomic mass is 19.4. The molecule has 1 aliphatic rings. The highest BCUT2D eigenvalue weighted by Gasteiger charge is 2.36. The quantitative estimate of drug-likeness (QED) is 0.630. The molecule has 0 radical (unpaired) electrons. The topological polar surface area (TPSA) is 49.7 Å². The molecule has 1 aliphatic heterocycles. The van der Waals surface area contributed by atoms with E-state index in [-0.39, 0.29) is 16.7 Å². The monoisotopic (exact) mass is 318 g/mol. The number of carbonyl (C=O) groups excluding carboxylic acids is 2. The summed E-state index contributed by atoms with van der Waals surface area (Å²) in [6.45, 7) is 0. The highest BCUT2D eigenvalue weighted by Crippen LogP contribution is 2.31. The number of amides is 2. The molecule has 0 saturated carbocycles. The first-order valence-corrected chi connectivity index (χ1v) is 6.57. The van der Waals surface area contributed by atoms with Gasteiger partial charge < -0.3 is 0 Å². The molecule has 0 aliphatic carbocycles. The molecule has 2 aromatic rings. The summed E-state index contributed by atoms with van der Waals surface area (Å²) >= 11 is 0. The van der Waals surface area contributed by atoms with Crippen molar-refractivity contribution in [3.8, 4) is 0 Å². The first kappa shape index (κ1) is 15.0. The fourth-order valence-corrected chi connectivity index (χ4v) is 2.27. The van der Waals surface area contributed by atoms with Gasteiger partial charge in [-0.05, 0) is 18.2 Å². The van der Waals surface area contributed by atoms with Crippen molar-refractivity contribution < 1.29 is 22.8 Å². The number of nitrogens with zero attached hydrogens (tertiary/aromatic N) is 2. The molecule has 0 spiro atoms. The lowest BCUT2D eigenvalue weighted by Gasteiger charge is -2.10. The van der Waals surface area contributed by atoms with Crippen LogP contribution in [0, 0.1) is 0 Å². The van der Waals surface area contributed by atoms with E-state index in [0.717, 1.165) is 12.3 Å². The van der Waals surface area contributed by atoms with Gasteiger partial charge in [0.05, 0.1) is 22.9 Å². The molecular formula is C16H9F3N2O2. The van der Waals surface area contributed by atoms with E-state index in [4.69, 9.17) is 0 Å². The Balaban J connectivity index is 1.94. The fourth-order valence-electron chi connectivity index (χ4n) is 2.27. The summed E-state index contributed by atoms with van der Waals surface area (Å²) in [5, 5.41) is 4.22. The smallest absolute Gasteiger partial charge is 0.267 e. The van der Waals surface area contributed by atoms with Crippen LogP contribution in [0.15, 0.2) is 53.6 Å². The number of rotatable bonds is 2. The van der Waals surface area contributed by atoms with Crippen molar-refractivity contribution in [2.24, 2.45) is 5.10 Å². The molecule has 0 bridgehead atoms. The minimum Gasteiger partial charge on any atom is -0.267 e. The fraction of sp³-hybridized carbons (Fsp3) is 0.0625. The Morgan fingerprint density at radius 1 is 0.870 bits per heavy atom. The van der Waals surface area contributed by atoms with Gasteiger partial charge in [0.15, 0.2) is 0 Å². The normalized spacial score (nSPS) is 14.7. The molecule has 2 amide bonds. The first-order chi connectivity index (χ1) is 10.9. The molecular weight excluding hydrogens is 309 g/mol. The number of hydrogen-bond donors (Lipinski definition) is 0. The first-order valence-electron chi connectivity index (χ1n) is 6.57. The van der Waals surface area contributed by atoms with Crippen LogP contribution in [0.1, 0.15) is 31.8 Å². The third-order valence-electron chi connectivity index (χ3n) is 3.35. The summed E-state index contributed by atoms with van der Waals surface area (Å²) in [5.41, 5.74) is -0.755. The van der Waals surface area contributed by atoms with Crippen LogP contribution in [0.2, 0.25) is 0 Å². The molecule has 23 heavy (non-hydrogen) atoms. The number of carbonyl (C=O) groups is 2. The maximum atomic E-state index is 12.9. The van der Waals surface area contributed by atoms with E-state index in [9.17, 15) is 22.8 Å². The second-order valence-corrected chi connectivity index (χ2v) is 4.80. The number of fused-ring (bicyclic) bond motifs is 1. The van der Waals surface area contributed by atoms with Gasteiger partial charge in [-0.1, -0.05) is 30.3 Å². The van der Waals surface area contributed by atoms with E-state index < -0.39 is 23.6 Å². The summed E-state index contributed by atoms with van der Waals surface area (Å²) < 4.78 is 38.7. The molecule has 0 unspecified atom stereocenters. The Kier molecular flexibility index (Phi) is 3.48. The van der Waals surface area contributed by atoms with Gasteiger partial charge in [-0.25, -0.2) is 0 Å². The highest BCUT2D eigenvalue weighted by molar-refractivity contribution is 6.21. The van der Waals surface area contributed by atoms with E-state index in [1.165, 1.54) is 30.3 Å². The average molecular weight is 318 g/mol. The Morgan fingerprint density at radius 3 is 1.96 bits per heavy atom. The number of halogens is 3. The summed E-state index contributed by atoms with van der Waals surface area (Å²) in [6, 6.07) is 10.9. The molecule has 116 valence electrons. The third kappa shape index (κ3) is 2.61. The zero-order valence-electron chi connectivity index (χ0n) is 11.5. The van der Waals surface area contributed by atoms with Crippen LogP contribution in [-0.2, 0) is 6.18 Å². The lowest BCUT2D eigenvalue weighted by atomic mass is 10.1. The molecule has 0 N–H and O–H groups in total. The maximum absolute atomic E-state index is 12.9. The molecule has 7 heteroatoms. The van der Waals surface area contributed by atoms with Gasteiger partial charge in [0.1, 0.15) is 0 Å². The number of alkyl halides is 3. The Morgan fingerprint density at radius 2 is 1.39 bits per heavy atom. The standard InChI is InChI=1S/C16H9F3N2O2/c17-16(18,19)13-8-4-1-5-10(13)9-20-21-14(22)11-6-2-3-7-12(11)15(21)23/h1-9H. The van der Waals surface area contributed by atoms with E-state index >= 15 is 0 Å². The Labute approximate surface area is 128 Å². The number of benzene rings is 2. The van der Waals surface area contributed by atoms with Gasteiger partial charge in [0.25, 0.3) is 11.8 Å². The van der Waals surface area contributed by atoms with Crippen LogP contribution in [0.25, 0.3) is 0 Å². The number of imide groups is 1. The number of hydrogen-bond acceptors (Lipinski definition) is 3. The molecule has 0 aromatic heterocycles. The van der Waals surface area contributed by atoms with Crippen LogP contribution in [0.3, 0.4) is 0 Å². The Bertz CT molecular complexity index is 793. The van der Waals surface area contributed by atoms with Gasteiger partial charge in [-0.15, -0.1) is 0 Å². The van der Waals surface area contributed by atoms with Crippen molar-refractivity contribution in [2.75, 3.05) is 0 Å². The molecule has 0 saturated heterocycles. The molecule has 0 fully saturated rings. The van der Waals surface area contributed by atoms with Crippen molar-refractivity contribution in [1.82, 2.24) is 5.01 Å². The van der Waals surface area contributed by atoms with E-state index in [1.54, 1.807) is 12.1 Å². The van der Waals surface area contributed by atoms with Gasteiger partial charge in [0, 0.05) is 5.56 Å². The van der Waals surface area contributed by atoms with Crippen LogP contribution in [-0.4, -0.2) is 23.0 Å². The van der Waals surface area contributed by atoms with Crippen molar-refractivity contribution in [3.05, 3.63) is 70.8 Å². The minimum atomic E-state index is -4.55. The summed E-state index contributed by atoms with van der Waals surface area (Å²) in [6.07, 6.45) is -3.69. The predicted molar refractivity (Wildman–Crippen MR) is 76.0 cm³/mol. The van der Waals surface area contributed by atoms with Crippen LogP contribution < -0.4 is 0 Å². The third-order valence-corrected chi connectivity index (χ3v) is 3.35. The minimum absolute atomic E-state index is 0.179. The van der Waals surface area contributed by atoms with Crippen LogP contribution in [0.5, 0.6) is 0 Å². The SMILES string of the molecule is O=C1c2ccccc2C(=O)N1N=Cc1ccccc1C(F)(F)F. The Hall–Kier alpha value is -2.96. The second-order valence-electron chi connectivity index (χ2n) is 4.80. The lowest BCUT2D eigenvalue weighted by Crippen LogP contribution is -2.24. The largest absolute Gasteiger partial charge is 0.417 e. The number of hydrazone groups is 1. The second kappa shape index (κ2) is 5.35. The lowest BCUT2D eigenvalue weighted by molar-refractivity contribution is -0.137. The summed E-state index contributed by atoms with van der Waals surface area (Å²) in [7, 11) is 0. The van der Waals surface area contributed by atoms with Gasteiger partial charge in [-0.2, -0.15) is 23.3 Å². The van der Waals surface area contributed by atoms with E-state index in [2.05, 4.69) is 5.10 Å². The molecule has 3 rings (SSSR count). The average Bonchev–Trinajstić information content (AvgIpc) is 2.77. The molecule has 0 atom stereocenters. The zero-order valence-corrected chi connectivity index (χ0v) is 11.5. The maximum Gasteiger partial charge on any atom is 0.417 e. The van der Waals surface area contributed by atoms with Crippen molar-refractivity contribution in [2.45, 2.75) is 6.18 Å².